The topological polar surface area (TPSA) is 72.6 Å². The van der Waals surface area contributed by atoms with Crippen LogP contribution in [0.5, 0.6) is 5.75 Å². The van der Waals surface area contributed by atoms with Gasteiger partial charge in [-0.3, -0.25) is 0 Å². The molecule has 5 nitrogen and oxygen atoms in total. The van der Waals surface area contributed by atoms with Crippen molar-refractivity contribution in [1.29, 1.82) is 0 Å². The van der Waals surface area contributed by atoms with Crippen LogP contribution >= 0.6 is 0 Å². The van der Waals surface area contributed by atoms with Gasteiger partial charge in [0.25, 0.3) is 0 Å². The summed E-state index contributed by atoms with van der Waals surface area (Å²) in [6.07, 6.45) is 2.60. The Bertz CT molecular complexity index is 590. The van der Waals surface area contributed by atoms with Crippen LogP contribution in [0.3, 0.4) is 0 Å². The highest BCUT2D eigenvalue weighted by Gasteiger charge is 2.30. The molecule has 1 saturated heterocycles. The lowest BCUT2D eigenvalue weighted by molar-refractivity contribution is 0.258. The average molecular weight is 316 g/mol. The monoisotopic (exact) mass is 316 g/mol. The molecule has 21 heavy (non-hydrogen) atoms. The summed E-state index contributed by atoms with van der Waals surface area (Å²) < 4.78 is 45.1. The molecule has 1 atom stereocenters. The van der Waals surface area contributed by atoms with Crippen LogP contribution in [0.1, 0.15) is 19.3 Å². The third kappa shape index (κ3) is 3.53. The minimum atomic E-state index is -3.66. The van der Waals surface area contributed by atoms with Crippen LogP contribution in [0, 0.1) is 11.7 Å². The zero-order valence-electron chi connectivity index (χ0n) is 12.1. The smallest absolute Gasteiger partial charge is 0.243 e. The molecule has 0 aliphatic carbocycles. The first-order valence-corrected chi connectivity index (χ1v) is 8.46. The van der Waals surface area contributed by atoms with Gasteiger partial charge in [0.1, 0.15) is 0 Å². The van der Waals surface area contributed by atoms with Gasteiger partial charge in [-0.15, -0.1) is 0 Å². The first kappa shape index (κ1) is 16.2. The summed E-state index contributed by atoms with van der Waals surface area (Å²) in [6.45, 7) is 1.47. The van der Waals surface area contributed by atoms with Crippen LogP contribution in [0.4, 0.5) is 4.39 Å². The first-order chi connectivity index (χ1) is 9.98. The maximum atomic E-state index is 13.7. The number of methoxy groups -OCH3 is 1. The number of hydrogen-bond donors (Lipinski definition) is 1. The zero-order chi connectivity index (χ0) is 15.5. The molecule has 1 unspecified atom stereocenters. The van der Waals surface area contributed by atoms with Crippen molar-refractivity contribution in [3.8, 4) is 5.75 Å². The molecule has 0 amide bonds. The Balaban J connectivity index is 2.23. The Kier molecular flexibility index (Phi) is 5.18. The van der Waals surface area contributed by atoms with Gasteiger partial charge in [-0.05, 0) is 49.9 Å². The predicted molar refractivity (Wildman–Crippen MR) is 78.1 cm³/mol. The maximum absolute atomic E-state index is 13.7. The molecule has 1 aliphatic heterocycles. The number of piperidine rings is 1. The van der Waals surface area contributed by atoms with Gasteiger partial charge in [-0.1, -0.05) is 0 Å². The van der Waals surface area contributed by atoms with E-state index in [4.69, 9.17) is 10.5 Å². The summed E-state index contributed by atoms with van der Waals surface area (Å²) in [5, 5.41) is 0. The van der Waals surface area contributed by atoms with E-state index in [2.05, 4.69) is 0 Å². The number of rotatable bonds is 5. The Morgan fingerprint density at radius 2 is 2.24 bits per heavy atom. The number of benzene rings is 1. The van der Waals surface area contributed by atoms with E-state index in [1.165, 1.54) is 23.5 Å². The summed E-state index contributed by atoms with van der Waals surface area (Å²) >= 11 is 0. The molecular formula is C14H21FN2O3S. The van der Waals surface area contributed by atoms with Gasteiger partial charge in [0.2, 0.25) is 10.0 Å². The second-order valence-electron chi connectivity index (χ2n) is 5.25. The molecule has 0 spiro atoms. The fraction of sp³-hybridized carbons (Fsp3) is 0.571. The Morgan fingerprint density at radius 3 is 2.86 bits per heavy atom. The molecule has 7 heteroatoms. The normalized spacial score (nSPS) is 20.4. The zero-order valence-corrected chi connectivity index (χ0v) is 12.9. The van der Waals surface area contributed by atoms with E-state index < -0.39 is 15.8 Å². The van der Waals surface area contributed by atoms with E-state index in [1.54, 1.807) is 0 Å². The molecule has 0 saturated carbocycles. The van der Waals surface area contributed by atoms with E-state index >= 15 is 0 Å². The molecule has 0 bridgehead atoms. The number of ether oxygens (including phenoxy) is 1. The van der Waals surface area contributed by atoms with E-state index in [9.17, 15) is 12.8 Å². The van der Waals surface area contributed by atoms with E-state index in [-0.39, 0.29) is 16.6 Å². The molecule has 1 aromatic carbocycles. The standard InChI is InChI=1S/C14H21FN2O3S/c1-20-14-5-4-12(9-13(14)15)21(18,19)17-8-2-3-11(10-17)6-7-16/h4-5,9,11H,2-3,6-8,10,16H2,1H3. The minimum absolute atomic E-state index is 0.0331. The third-order valence-electron chi connectivity index (χ3n) is 3.82. The summed E-state index contributed by atoms with van der Waals surface area (Å²) in [5.41, 5.74) is 5.55. The second kappa shape index (κ2) is 6.72. The van der Waals surface area contributed by atoms with Crippen LogP contribution < -0.4 is 10.5 Å². The molecule has 0 aromatic heterocycles. The van der Waals surface area contributed by atoms with Gasteiger partial charge < -0.3 is 10.5 Å². The van der Waals surface area contributed by atoms with Crippen LogP contribution in [0.25, 0.3) is 0 Å². The molecule has 1 fully saturated rings. The quantitative estimate of drug-likeness (QED) is 0.895. The Hall–Kier alpha value is -1.18. The third-order valence-corrected chi connectivity index (χ3v) is 5.68. The molecule has 2 rings (SSSR count). The van der Waals surface area contributed by atoms with Crippen LogP contribution in [0.2, 0.25) is 0 Å². The molecular weight excluding hydrogens is 295 g/mol. The summed E-state index contributed by atoms with van der Waals surface area (Å²) in [6, 6.07) is 3.73. The number of hydrogen-bond acceptors (Lipinski definition) is 4. The van der Waals surface area contributed by atoms with Crippen molar-refractivity contribution < 1.29 is 17.5 Å². The van der Waals surface area contributed by atoms with E-state index in [0.29, 0.717) is 19.6 Å². The van der Waals surface area contributed by atoms with E-state index in [0.717, 1.165) is 25.3 Å². The van der Waals surface area contributed by atoms with Crippen molar-refractivity contribution in [3.05, 3.63) is 24.0 Å². The molecule has 1 aliphatic rings. The highest BCUT2D eigenvalue weighted by atomic mass is 32.2. The van der Waals surface area contributed by atoms with Gasteiger partial charge >= 0.3 is 0 Å². The van der Waals surface area contributed by atoms with Crippen molar-refractivity contribution in [1.82, 2.24) is 4.31 Å². The van der Waals surface area contributed by atoms with Crippen LogP contribution in [0.15, 0.2) is 23.1 Å². The van der Waals surface area contributed by atoms with Crippen molar-refractivity contribution in [2.45, 2.75) is 24.2 Å². The van der Waals surface area contributed by atoms with Gasteiger partial charge in [-0.25, -0.2) is 12.8 Å². The summed E-state index contributed by atoms with van der Waals surface area (Å²) in [4.78, 5) is -0.0331. The maximum Gasteiger partial charge on any atom is 0.243 e. The molecule has 1 heterocycles. The van der Waals surface area contributed by atoms with Crippen molar-refractivity contribution in [3.63, 3.8) is 0 Å². The van der Waals surface area contributed by atoms with Gasteiger partial charge in [0, 0.05) is 13.1 Å². The predicted octanol–water partition coefficient (Wildman–Crippen LogP) is 1.58. The van der Waals surface area contributed by atoms with E-state index in [1.807, 2.05) is 0 Å². The fourth-order valence-electron chi connectivity index (χ4n) is 2.67. The highest BCUT2D eigenvalue weighted by Crippen LogP contribution is 2.27. The van der Waals surface area contributed by atoms with Gasteiger partial charge in [0.15, 0.2) is 11.6 Å². The first-order valence-electron chi connectivity index (χ1n) is 7.02. The van der Waals surface area contributed by atoms with Gasteiger partial charge in [-0.2, -0.15) is 4.31 Å². The lowest BCUT2D eigenvalue weighted by Gasteiger charge is -2.31. The lowest BCUT2D eigenvalue weighted by atomic mass is 9.96. The molecule has 0 radical (unpaired) electrons. The number of sulfonamides is 1. The van der Waals surface area contributed by atoms with Crippen molar-refractivity contribution >= 4 is 10.0 Å². The minimum Gasteiger partial charge on any atom is -0.494 e. The second-order valence-corrected chi connectivity index (χ2v) is 7.18. The number of nitrogens with zero attached hydrogens (tertiary/aromatic N) is 1. The Labute approximate surface area is 124 Å². The number of nitrogens with two attached hydrogens (primary N) is 1. The number of halogens is 1. The largest absolute Gasteiger partial charge is 0.494 e. The SMILES string of the molecule is COc1ccc(S(=O)(=O)N2CCCC(CCN)C2)cc1F. The summed E-state index contributed by atoms with van der Waals surface area (Å²) in [5.74, 6) is -0.357. The highest BCUT2D eigenvalue weighted by molar-refractivity contribution is 7.89. The average Bonchev–Trinajstić information content (AvgIpc) is 2.48. The lowest BCUT2D eigenvalue weighted by Crippen LogP contribution is -2.40. The molecule has 2 N–H and O–H groups in total. The van der Waals surface area contributed by atoms with Gasteiger partial charge in [0.05, 0.1) is 12.0 Å². The Morgan fingerprint density at radius 1 is 1.48 bits per heavy atom. The van der Waals surface area contributed by atoms with Crippen molar-refractivity contribution in [2.75, 3.05) is 26.7 Å². The van der Waals surface area contributed by atoms with Crippen LogP contribution in [-0.4, -0.2) is 39.5 Å². The van der Waals surface area contributed by atoms with Crippen molar-refractivity contribution in [2.24, 2.45) is 11.7 Å². The fourth-order valence-corrected chi connectivity index (χ4v) is 4.24. The molecule has 1 aromatic rings. The molecule has 118 valence electrons. The van der Waals surface area contributed by atoms with Crippen LogP contribution in [-0.2, 0) is 10.0 Å². The summed E-state index contributed by atoms with van der Waals surface area (Å²) in [7, 11) is -2.32.